The zero-order valence-corrected chi connectivity index (χ0v) is 20.4. The molecule has 7 heteroatoms. The molecule has 0 unspecified atom stereocenters. The average Bonchev–Trinajstić information content (AvgIpc) is 2.83. The molecule has 0 atom stereocenters. The Balaban J connectivity index is 1.74. The summed E-state index contributed by atoms with van der Waals surface area (Å²) in [4.78, 5) is 12.8. The van der Waals surface area contributed by atoms with Gasteiger partial charge in [0.1, 0.15) is 10.6 Å². The lowest BCUT2D eigenvalue weighted by molar-refractivity contribution is -0.121. The Labute approximate surface area is 197 Å². The first-order chi connectivity index (χ1) is 15.9. The van der Waals surface area contributed by atoms with E-state index in [4.69, 9.17) is 4.74 Å². The molecular weight excluding hydrogens is 436 g/mol. The summed E-state index contributed by atoms with van der Waals surface area (Å²) in [5.74, 6) is -0.0235. The minimum Gasteiger partial charge on any atom is -0.495 e. The Morgan fingerprint density at radius 2 is 1.88 bits per heavy atom. The molecule has 0 heterocycles. The van der Waals surface area contributed by atoms with Crippen molar-refractivity contribution >= 4 is 15.9 Å². The number of hydrogen-bond acceptors (Lipinski definition) is 4. The molecule has 1 N–H and O–H groups in total. The molecule has 1 amide bonds. The first kappa shape index (κ1) is 25.0. The highest BCUT2D eigenvalue weighted by Gasteiger charge is 2.29. The van der Waals surface area contributed by atoms with Crippen LogP contribution in [0.5, 0.6) is 5.75 Å². The van der Waals surface area contributed by atoms with E-state index in [1.807, 2.05) is 37.3 Å². The molecule has 0 saturated heterocycles. The SMILES string of the molecule is COc1ccc(C)cc1S(=O)(=O)N(CCc1ccccc1)CC(=O)NCCC1=CCCCC1. The van der Waals surface area contributed by atoms with Crippen molar-refractivity contribution in [3.63, 3.8) is 0 Å². The fourth-order valence-electron chi connectivity index (χ4n) is 4.02. The maximum Gasteiger partial charge on any atom is 0.247 e. The Morgan fingerprint density at radius 3 is 2.58 bits per heavy atom. The van der Waals surface area contributed by atoms with Gasteiger partial charge in [-0.3, -0.25) is 4.79 Å². The summed E-state index contributed by atoms with van der Waals surface area (Å²) >= 11 is 0. The van der Waals surface area contributed by atoms with Crippen molar-refractivity contribution < 1.29 is 17.9 Å². The number of sulfonamides is 1. The van der Waals surface area contributed by atoms with Crippen LogP contribution in [0.15, 0.2) is 65.1 Å². The number of methoxy groups -OCH3 is 1. The van der Waals surface area contributed by atoms with Gasteiger partial charge in [0.15, 0.2) is 0 Å². The average molecular weight is 471 g/mol. The molecule has 0 spiro atoms. The quantitative estimate of drug-likeness (QED) is 0.499. The van der Waals surface area contributed by atoms with Gasteiger partial charge in [0.25, 0.3) is 0 Å². The maximum absolute atomic E-state index is 13.6. The minimum absolute atomic E-state index is 0.0817. The monoisotopic (exact) mass is 470 g/mol. The number of ether oxygens (including phenoxy) is 1. The molecule has 0 bridgehead atoms. The summed E-state index contributed by atoms with van der Waals surface area (Å²) in [5, 5.41) is 2.91. The number of carbonyl (C=O) groups excluding carboxylic acids is 1. The van der Waals surface area contributed by atoms with Gasteiger partial charge in [-0.25, -0.2) is 8.42 Å². The highest BCUT2D eigenvalue weighted by Crippen LogP contribution is 2.28. The highest BCUT2D eigenvalue weighted by atomic mass is 32.2. The second-order valence-electron chi connectivity index (χ2n) is 8.44. The molecule has 2 aromatic rings. The Kier molecular flexibility index (Phi) is 9.09. The lowest BCUT2D eigenvalue weighted by Gasteiger charge is -2.23. The van der Waals surface area contributed by atoms with Crippen LogP contribution in [0.4, 0.5) is 0 Å². The Hall–Kier alpha value is -2.64. The van der Waals surface area contributed by atoms with Gasteiger partial charge in [0.2, 0.25) is 15.9 Å². The molecule has 1 aliphatic carbocycles. The number of amides is 1. The molecule has 3 rings (SSSR count). The zero-order chi connectivity index (χ0) is 23.7. The van der Waals surface area contributed by atoms with E-state index < -0.39 is 10.0 Å². The summed E-state index contributed by atoms with van der Waals surface area (Å²) in [5.41, 5.74) is 3.20. The van der Waals surface area contributed by atoms with Gasteiger partial charge in [0, 0.05) is 13.1 Å². The number of allylic oxidation sites excluding steroid dienone is 1. The van der Waals surface area contributed by atoms with Crippen molar-refractivity contribution in [2.75, 3.05) is 26.7 Å². The molecule has 1 aliphatic rings. The number of rotatable bonds is 11. The maximum atomic E-state index is 13.6. The molecule has 0 aliphatic heterocycles. The molecular formula is C26H34N2O4S. The van der Waals surface area contributed by atoms with Crippen LogP contribution in [-0.2, 0) is 21.2 Å². The van der Waals surface area contributed by atoms with Crippen LogP contribution < -0.4 is 10.1 Å². The van der Waals surface area contributed by atoms with E-state index in [9.17, 15) is 13.2 Å². The number of carbonyl (C=O) groups is 1. The predicted molar refractivity (Wildman–Crippen MR) is 131 cm³/mol. The van der Waals surface area contributed by atoms with Crippen molar-refractivity contribution in [3.8, 4) is 5.75 Å². The highest BCUT2D eigenvalue weighted by molar-refractivity contribution is 7.89. The van der Waals surface area contributed by atoms with Gasteiger partial charge >= 0.3 is 0 Å². The molecule has 0 radical (unpaired) electrons. The van der Waals surface area contributed by atoms with E-state index in [0.717, 1.165) is 30.4 Å². The van der Waals surface area contributed by atoms with Crippen molar-refractivity contribution in [1.29, 1.82) is 0 Å². The molecule has 6 nitrogen and oxygen atoms in total. The van der Waals surface area contributed by atoms with E-state index in [0.29, 0.717) is 13.0 Å². The normalized spacial score (nSPS) is 14.1. The number of hydrogen-bond donors (Lipinski definition) is 1. The largest absolute Gasteiger partial charge is 0.495 e. The number of aryl methyl sites for hydroxylation is 1. The van der Waals surface area contributed by atoms with E-state index in [1.165, 1.54) is 29.8 Å². The van der Waals surface area contributed by atoms with Crippen molar-refractivity contribution in [1.82, 2.24) is 9.62 Å². The van der Waals surface area contributed by atoms with Gasteiger partial charge < -0.3 is 10.1 Å². The standard InChI is InChI=1S/C26H34N2O4S/c1-21-13-14-24(32-2)25(19-21)33(30,31)28(18-16-23-11-7-4-8-12-23)20-26(29)27-17-15-22-9-5-3-6-10-22/h4,7-9,11-14,19H,3,5-6,10,15-18,20H2,1-2H3,(H,27,29). The van der Waals surface area contributed by atoms with Crippen LogP contribution in [0.2, 0.25) is 0 Å². The van der Waals surface area contributed by atoms with Crippen LogP contribution in [0, 0.1) is 6.92 Å². The van der Waals surface area contributed by atoms with Gasteiger partial charge in [-0.2, -0.15) is 4.31 Å². The number of nitrogens with one attached hydrogen (secondary N) is 1. The second-order valence-corrected chi connectivity index (χ2v) is 10.3. The van der Waals surface area contributed by atoms with Crippen molar-refractivity contribution in [2.45, 2.75) is 50.3 Å². The van der Waals surface area contributed by atoms with E-state index >= 15 is 0 Å². The van der Waals surface area contributed by atoms with Gasteiger partial charge in [-0.15, -0.1) is 0 Å². The summed E-state index contributed by atoms with van der Waals surface area (Å²) < 4.78 is 33.8. The minimum atomic E-state index is -3.94. The molecule has 2 aromatic carbocycles. The molecule has 178 valence electrons. The summed E-state index contributed by atoms with van der Waals surface area (Å²) in [7, 11) is -2.49. The second kappa shape index (κ2) is 12.0. The molecule has 0 fully saturated rings. The molecule has 33 heavy (non-hydrogen) atoms. The van der Waals surface area contributed by atoms with Gasteiger partial charge in [-0.05, 0) is 68.7 Å². The zero-order valence-electron chi connectivity index (χ0n) is 19.5. The van der Waals surface area contributed by atoms with Crippen LogP contribution in [0.25, 0.3) is 0 Å². The lowest BCUT2D eigenvalue weighted by Crippen LogP contribution is -2.42. The third kappa shape index (κ3) is 7.17. The molecule has 0 saturated carbocycles. The number of benzene rings is 2. The topological polar surface area (TPSA) is 75.7 Å². The van der Waals surface area contributed by atoms with Crippen molar-refractivity contribution in [2.24, 2.45) is 0 Å². The van der Waals surface area contributed by atoms with Crippen LogP contribution in [-0.4, -0.2) is 45.4 Å². The third-order valence-corrected chi connectivity index (χ3v) is 7.77. The van der Waals surface area contributed by atoms with E-state index in [-0.39, 0.29) is 29.6 Å². The first-order valence-electron chi connectivity index (χ1n) is 11.5. The van der Waals surface area contributed by atoms with Crippen LogP contribution in [0.1, 0.15) is 43.2 Å². The predicted octanol–water partition coefficient (Wildman–Crippen LogP) is 4.24. The fourth-order valence-corrected chi connectivity index (χ4v) is 5.66. The van der Waals surface area contributed by atoms with Gasteiger partial charge in [-0.1, -0.05) is 48.0 Å². The first-order valence-corrected chi connectivity index (χ1v) is 13.0. The summed E-state index contributed by atoms with van der Waals surface area (Å²) in [6, 6.07) is 14.7. The molecule has 0 aromatic heterocycles. The third-order valence-electron chi connectivity index (χ3n) is 5.90. The lowest BCUT2D eigenvalue weighted by atomic mass is 9.97. The fraction of sp³-hybridized carbons (Fsp3) is 0.423. The smallest absolute Gasteiger partial charge is 0.247 e. The van der Waals surface area contributed by atoms with Crippen LogP contribution >= 0.6 is 0 Å². The Bertz CT molecular complexity index is 1060. The van der Waals surface area contributed by atoms with Crippen LogP contribution in [0.3, 0.4) is 0 Å². The van der Waals surface area contributed by atoms with Crippen molar-refractivity contribution in [3.05, 3.63) is 71.3 Å². The summed E-state index contributed by atoms with van der Waals surface area (Å²) in [6.07, 6.45) is 8.20. The number of nitrogens with zero attached hydrogens (tertiary/aromatic N) is 1. The van der Waals surface area contributed by atoms with E-state index in [2.05, 4.69) is 11.4 Å². The Morgan fingerprint density at radius 1 is 1.09 bits per heavy atom. The van der Waals surface area contributed by atoms with E-state index in [1.54, 1.807) is 18.2 Å². The summed E-state index contributed by atoms with van der Waals surface area (Å²) in [6.45, 7) is 2.32. The van der Waals surface area contributed by atoms with Gasteiger partial charge in [0.05, 0.1) is 13.7 Å².